The first kappa shape index (κ1) is 14.2. The fourth-order valence-electron chi connectivity index (χ4n) is 1.31. The minimum atomic E-state index is -0.669. The van der Waals surface area contributed by atoms with Crippen molar-refractivity contribution in [2.45, 2.75) is 6.42 Å². The van der Waals surface area contributed by atoms with Gasteiger partial charge in [0, 0.05) is 12.1 Å². The molecule has 0 aliphatic heterocycles. The van der Waals surface area contributed by atoms with Crippen LogP contribution in [0, 0.1) is 11.6 Å². The van der Waals surface area contributed by atoms with Gasteiger partial charge in [-0.15, -0.1) is 0 Å². The predicted molar refractivity (Wildman–Crippen MR) is 73.7 cm³/mol. The Morgan fingerprint density at radius 2 is 2.00 bits per heavy atom. The number of hydrogen-bond acceptors (Lipinski definition) is 3. The summed E-state index contributed by atoms with van der Waals surface area (Å²) in [6.45, 7) is 0.529. The van der Waals surface area contributed by atoms with Crippen LogP contribution in [0.3, 0.4) is 0 Å². The van der Waals surface area contributed by atoms with Crippen LogP contribution in [0.5, 0.6) is 0 Å². The van der Waals surface area contributed by atoms with E-state index in [2.05, 4.69) is 17.5 Å². The molecule has 0 aromatic heterocycles. The van der Waals surface area contributed by atoms with Crippen molar-refractivity contribution in [2.75, 3.05) is 23.9 Å². The summed E-state index contributed by atoms with van der Waals surface area (Å²) in [4.78, 5) is -0.0169. The molecular weight excluding hydrogens is 262 g/mol. The minimum absolute atomic E-state index is 0.0169. The molecule has 0 aliphatic rings. The van der Waals surface area contributed by atoms with Gasteiger partial charge in [0.25, 0.3) is 0 Å². The highest BCUT2D eigenvalue weighted by atomic mass is 32.2. The minimum Gasteiger partial charge on any atom is -0.389 e. The Bertz CT molecular complexity index is 387. The normalized spacial score (nSPS) is 10.3. The standard InChI is InChI=1S/C11H14F2N2S2/c1-17-4-2-3-15-10-8(12)5-7(11(14)16)6-9(10)13/h5-6,15H,2-4H2,1H3,(H2,14,16). The second-order valence-electron chi connectivity index (χ2n) is 3.45. The molecule has 0 bridgehead atoms. The van der Waals surface area contributed by atoms with Crippen LogP contribution in [-0.2, 0) is 0 Å². The van der Waals surface area contributed by atoms with E-state index >= 15 is 0 Å². The number of hydrogen-bond donors (Lipinski definition) is 2. The van der Waals surface area contributed by atoms with Gasteiger partial charge in [0.15, 0.2) is 0 Å². The van der Waals surface area contributed by atoms with E-state index in [1.54, 1.807) is 11.8 Å². The summed E-state index contributed by atoms with van der Waals surface area (Å²) in [7, 11) is 0. The van der Waals surface area contributed by atoms with Crippen LogP contribution >= 0.6 is 24.0 Å². The van der Waals surface area contributed by atoms with Crippen LogP contribution in [0.25, 0.3) is 0 Å². The second kappa shape index (κ2) is 6.76. The zero-order valence-electron chi connectivity index (χ0n) is 9.43. The smallest absolute Gasteiger partial charge is 0.150 e. The zero-order valence-corrected chi connectivity index (χ0v) is 11.1. The Hall–Kier alpha value is -0.880. The predicted octanol–water partition coefficient (Wildman–Crippen LogP) is 2.76. The van der Waals surface area contributed by atoms with Crippen molar-refractivity contribution in [3.8, 4) is 0 Å². The molecule has 1 rings (SSSR count). The van der Waals surface area contributed by atoms with Gasteiger partial charge < -0.3 is 11.1 Å². The Balaban J connectivity index is 2.76. The summed E-state index contributed by atoms with van der Waals surface area (Å²) in [5.74, 6) is -0.393. The molecule has 17 heavy (non-hydrogen) atoms. The lowest BCUT2D eigenvalue weighted by atomic mass is 10.2. The van der Waals surface area contributed by atoms with E-state index in [4.69, 9.17) is 5.73 Å². The maximum atomic E-state index is 13.6. The molecule has 3 N–H and O–H groups in total. The van der Waals surface area contributed by atoms with Crippen LogP contribution in [0.1, 0.15) is 12.0 Å². The lowest BCUT2D eigenvalue weighted by Gasteiger charge is -2.09. The van der Waals surface area contributed by atoms with E-state index in [9.17, 15) is 8.78 Å². The zero-order chi connectivity index (χ0) is 12.8. The summed E-state index contributed by atoms with van der Waals surface area (Å²) in [5.41, 5.74) is 5.40. The Morgan fingerprint density at radius 1 is 1.41 bits per heavy atom. The molecule has 2 nitrogen and oxygen atoms in total. The Kier molecular flexibility index (Phi) is 5.64. The molecule has 0 radical (unpaired) electrons. The van der Waals surface area contributed by atoms with E-state index in [0.29, 0.717) is 6.54 Å². The van der Waals surface area contributed by atoms with Crippen LogP contribution in [0.4, 0.5) is 14.5 Å². The van der Waals surface area contributed by atoms with Crippen molar-refractivity contribution in [2.24, 2.45) is 5.73 Å². The van der Waals surface area contributed by atoms with Crippen molar-refractivity contribution in [1.82, 2.24) is 0 Å². The van der Waals surface area contributed by atoms with Gasteiger partial charge in [-0.25, -0.2) is 8.78 Å². The first-order chi connectivity index (χ1) is 8.06. The van der Waals surface area contributed by atoms with Gasteiger partial charge in [-0.3, -0.25) is 0 Å². The van der Waals surface area contributed by atoms with Gasteiger partial charge in [0.1, 0.15) is 22.3 Å². The topological polar surface area (TPSA) is 38.0 Å². The van der Waals surface area contributed by atoms with Crippen molar-refractivity contribution in [3.05, 3.63) is 29.3 Å². The molecule has 0 heterocycles. The highest BCUT2D eigenvalue weighted by Crippen LogP contribution is 2.20. The maximum Gasteiger partial charge on any atom is 0.150 e. The summed E-state index contributed by atoms with van der Waals surface area (Å²) in [6, 6.07) is 2.28. The van der Waals surface area contributed by atoms with Crippen LogP contribution in [-0.4, -0.2) is 23.5 Å². The van der Waals surface area contributed by atoms with Gasteiger partial charge >= 0.3 is 0 Å². The third kappa shape index (κ3) is 4.12. The van der Waals surface area contributed by atoms with Gasteiger partial charge in [0.2, 0.25) is 0 Å². The Labute approximate surface area is 109 Å². The second-order valence-corrected chi connectivity index (χ2v) is 4.88. The number of benzene rings is 1. The summed E-state index contributed by atoms with van der Waals surface area (Å²) >= 11 is 6.36. The molecule has 0 atom stereocenters. The lowest BCUT2D eigenvalue weighted by Crippen LogP contribution is -2.12. The highest BCUT2D eigenvalue weighted by molar-refractivity contribution is 7.98. The number of thiocarbonyl (C=S) groups is 1. The van der Waals surface area contributed by atoms with E-state index in [1.165, 1.54) is 0 Å². The monoisotopic (exact) mass is 276 g/mol. The maximum absolute atomic E-state index is 13.6. The van der Waals surface area contributed by atoms with Gasteiger partial charge in [0.05, 0.1) is 0 Å². The summed E-state index contributed by atoms with van der Waals surface area (Å²) < 4.78 is 27.1. The van der Waals surface area contributed by atoms with E-state index in [-0.39, 0.29) is 16.2 Å². The number of anilines is 1. The quantitative estimate of drug-likeness (QED) is 0.619. The van der Waals surface area contributed by atoms with E-state index in [0.717, 1.165) is 24.3 Å². The SMILES string of the molecule is CSCCCNc1c(F)cc(C(N)=S)cc1F. The molecule has 0 spiro atoms. The van der Waals surface area contributed by atoms with Crippen molar-refractivity contribution in [1.29, 1.82) is 0 Å². The number of nitrogens with two attached hydrogens (primary N) is 1. The fourth-order valence-corrected chi connectivity index (χ4v) is 1.87. The lowest BCUT2D eigenvalue weighted by molar-refractivity contribution is 0.587. The molecule has 1 aromatic carbocycles. The molecular formula is C11H14F2N2S2. The van der Waals surface area contributed by atoms with Gasteiger partial charge in [-0.05, 0) is 30.6 Å². The molecule has 94 valence electrons. The molecule has 0 saturated carbocycles. The van der Waals surface area contributed by atoms with Crippen LogP contribution in [0.15, 0.2) is 12.1 Å². The molecule has 6 heteroatoms. The van der Waals surface area contributed by atoms with E-state index in [1.807, 2.05) is 6.26 Å². The van der Waals surface area contributed by atoms with Crippen LogP contribution in [0.2, 0.25) is 0 Å². The van der Waals surface area contributed by atoms with Crippen LogP contribution < -0.4 is 11.1 Å². The highest BCUT2D eigenvalue weighted by Gasteiger charge is 2.11. The number of halogens is 2. The fraction of sp³-hybridized carbons (Fsp3) is 0.364. The average molecular weight is 276 g/mol. The number of thioether (sulfide) groups is 1. The molecule has 0 fully saturated rings. The Morgan fingerprint density at radius 3 is 2.47 bits per heavy atom. The van der Waals surface area contributed by atoms with Crippen molar-refractivity contribution >= 4 is 34.7 Å². The van der Waals surface area contributed by atoms with Gasteiger partial charge in [-0.2, -0.15) is 11.8 Å². The first-order valence-electron chi connectivity index (χ1n) is 5.08. The molecule has 1 aromatic rings. The third-order valence-electron chi connectivity index (χ3n) is 2.15. The summed E-state index contributed by atoms with van der Waals surface area (Å²) in [5, 5.41) is 2.73. The number of rotatable bonds is 6. The van der Waals surface area contributed by atoms with Crippen molar-refractivity contribution in [3.63, 3.8) is 0 Å². The van der Waals surface area contributed by atoms with Gasteiger partial charge in [-0.1, -0.05) is 12.2 Å². The largest absolute Gasteiger partial charge is 0.389 e. The molecule has 0 unspecified atom stereocenters. The average Bonchev–Trinajstić information content (AvgIpc) is 2.26. The molecule has 0 amide bonds. The first-order valence-corrected chi connectivity index (χ1v) is 6.88. The van der Waals surface area contributed by atoms with Crippen molar-refractivity contribution < 1.29 is 8.78 Å². The molecule has 0 aliphatic carbocycles. The molecule has 0 saturated heterocycles. The summed E-state index contributed by atoms with van der Waals surface area (Å²) in [6.07, 6.45) is 2.83. The van der Waals surface area contributed by atoms with E-state index < -0.39 is 11.6 Å². The number of nitrogens with one attached hydrogen (secondary N) is 1. The third-order valence-corrected chi connectivity index (χ3v) is 3.09.